The van der Waals surface area contributed by atoms with Gasteiger partial charge in [0.1, 0.15) is 6.54 Å². The Labute approximate surface area is 122 Å². The first kappa shape index (κ1) is 14.6. The van der Waals surface area contributed by atoms with Gasteiger partial charge in [-0.2, -0.15) is 0 Å². The van der Waals surface area contributed by atoms with Crippen LogP contribution in [-0.4, -0.2) is 17.0 Å². The quantitative estimate of drug-likeness (QED) is 0.861. The zero-order valence-corrected chi connectivity index (χ0v) is 12.1. The molecule has 0 bridgehead atoms. The minimum atomic E-state index is -0.0701. The van der Waals surface area contributed by atoms with Crippen LogP contribution in [0.25, 0.3) is 10.9 Å². The fraction of sp³-hybridized carbons (Fsp3) is 0.333. The monoisotopic (exact) mass is 292 g/mol. The summed E-state index contributed by atoms with van der Waals surface area (Å²) in [6.45, 7) is 2.93. The summed E-state index contributed by atoms with van der Waals surface area (Å²) in [4.78, 5) is 23.6. The molecule has 0 radical (unpaired) electrons. The molecule has 1 aromatic carbocycles. The van der Waals surface area contributed by atoms with E-state index in [1.54, 1.807) is 29.0 Å². The number of pyridine rings is 1. The van der Waals surface area contributed by atoms with Gasteiger partial charge < -0.3 is 9.88 Å². The Bertz CT molecular complexity index is 679. The van der Waals surface area contributed by atoms with Gasteiger partial charge in [0.25, 0.3) is 0 Å². The lowest BCUT2D eigenvalue weighted by molar-refractivity contribution is -0.121. The molecule has 2 rings (SSSR count). The topological polar surface area (TPSA) is 51.1 Å². The van der Waals surface area contributed by atoms with Gasteiger partial charge in [0.15, 0.2) is 5.43 Å². The second-order valence-corrected chi connectivity index (χ2v) is 5.11. The lowest BCUT2D eigenvalue weighted by Crippen LogP contribution is -2.28. The number of amides is 1. The van der Waals surface area contributed by atoms with Crippen molar-refractivity contribution in [1.29, 1.82) is 0 Å². The third-order valence-corrected chi connectivity index (χ3v) is 3.34. The molecule has 0 atom stereocenters. The molecule has 0 unspecified atom stereocenters. The van der Waals surface area contributed by atoms with Crippen molar-refractivity contribution in [2.24, 2.45) is 0 Å². The molecule has 1 N–H and O–H groups in total. The maximum atomic E-state index is 11.9. The van der Waals surface area contributed by atoms with Crippen LogP contribution in [0.15, 0.2) is 35.3 Å². The number of carbonyl (C=O) groups excluding carboxylic acids is 1. The van der Waals surface area contributed by atoms with E-state index in [0.717, 1.165) is 12.8 Å². The third kappa shape index (κ3) is 3.39. The number of carbonyl (C=O) groups is 1. The Balaban J connectivity index is 2.26. The predicted molar refractivity (Wildman–Crippen MR) is 81.1 cm³/mol. The highest BCUT2D eigenvalue weighted by atomic mass is 35.5. The van der Waals surface area contributed by atoms with Gasteiger partial charge >= 0.3 is 0 Å². The molecule has 0 spiro atoms. The first-order valence-corrected chi connectivity index (χ1v) is 7.05. The van der Waals surface area contributed by atoms with E-state index in [9.17, 15) is 9.59 Å². The van der Waals surface area contributed by atoms with Crippen molar-refractivity contribution in [2.75, 3.05) is 6.54 Å². The number of unbranched alkanes of at least 4 members (excludes halogenated alkanes) is 1. The minimum absolute atomic E-state index is 0.0663. The Morgan fingerprint density at radius 1 is 1.35 bits per heavy atom. The Kier molecular flexibility index (Phi) is 4.79. The predicted octanol–water partition coefficient (Wildman–Crippen LogP) is 2.57. The van der Waals surface area contributed by atoms with Crippen LogP contribution >= 0.6 is 11.6 Å². The van der Waals surface area contributed by atoms with Crippen molar-refractivity contribution in [3.05, 3.63) is 45.7 Å². The Morgan fingerprint density at radius 2 is 2.15 bits per heavy atom. The number of halogens is 1. The number of fused-ring (bicyclic) bond motifs is 1. The summed E-state index contributed by atoms with van der Waals surface area (Å²) in [6, 6.07) is 6.54. The number of benzene rings is 1. The SMILES string of the molecule is CCCCNC(=O)Cn1ccc(=O)c2ccc(Cl)cc21. The van der Waals surface area contributed by atoms with Gasteiger partial charge in [-0.3, -0.25) is 9.59 Å². The lowest BCUT2D eigenvalue weighted by Gasteiger charge is -2.11. The second kappa shape index (κ2) is 6.57. The molecule has 0 fully saturated rings. The van der Waals surface area contributed by atoms with Gasteiger partial charge in [-0.25, -0.2) is 0 Å². The molecular formula is C15H17ClN2O2. The van der Waals surface area contributed by atoms with Crippen molar-refractivity contribution < 1.29 is 4.79 Å². The first-order valence-electron chi connectivity index (χ1n) is 6.67. The summed E-state index contributed by atoms with van der Waals surface area (Å²) in [5.74, 6) is -0.0663. The maximum absolute atomic E-state index is 11.9. The van der Waals surface area contributed by atoms with Crippen LogP contribution in [0.4, 0.5) is 0 Å². The summed E-state index contributed by atoms with van der Waals surface area (Å²) < 4.78 is 1.74. The molecule has 106 valence electrons. The van der Waals surface area contributed by atoms with Crippen LogP contribution in [0, 0.1) is 0 Å². The Morgan fingerprint density at radius 3 is 2.90 bits per heavy atom. The summed E-state index contributed by atoms with van der Waals surface area (Å²) in [5, 5.41) is 3.97. The molecule has 2 aromatic rings. The molecule has 0 aliphatic rings. The average molecular weight is 293 g/mol. The minimum Gasteiger partial charge on any atom is -0.355 e. The van der Waals surface area contributed by atoms with E-state index in [1.807, 2.05) is 0 Å². The number of hydrogen-bond acceptors (Lipinski definition) is 2. The van der Waals surface area contributed by atoms with Gasteiger partial charge in [-0.1, -0.05) is 24.9 Å². The highest BCUT2D eigenvalue weighted by Crippen LogP contribution is 2.16. The third-order valence-electron chi connectivity index (χ3n) is 3.11. The zero-order chi connectivity index (χ0) is 14.5. The smallest absolute Gasteiger partial charge is 0.239 e. The number of nitrogens with one attached hydrogen (secondary N) is 1. The zero-order valence-electron chi connectivity index (χ0n) is 11.4. The van der Waals surface area contributed by atoms with Gasteiger partial charge in [0.05, 0.1) is 5.52 Å². The molecule has 0 aliphatic carbocycles. The second-order valence-electron chi connectivity index (χ2n) is 4.67. The summed E-state index contributed by atoms with van der Waals surface area (Å²) >= 11 is 5.97. The fourth-order valence-corrected chi connectivity index (χ4v) is 2.20. The van der Waals surface area contributed by atoms with Crippen LogP contribution in [0.2, 0.25) is 5.02 Å². The molecule has 1 aromatic heterocycles. The first-order chi connectivity index (χ1) is 9.61. The highest BCUT2D eigenvalue weighted by Gasteiger charge is 2.07. The van der Waals surface area contributed by atoms with Gasteiger partial charge in [-0.05, 0) is 24.6 Å². The van der Waals surface area contributed by atoms with Gasteiger partial charge in [-0.15, -0.1) is 0 Å². The Hall–Kier alpha value is -1.81. The molecule has 0 saturated carbocycles. The van der Waals surface area contributed by atoms with E-state index >= 15 is 0 Å². The van der Waals surface area contributed by atoms with Crippen molar-refractivity contribution in [3.8, 4) is 0 Å². The van der Waals surface area contributed by atoms with Crippen molar-refractivity contribution in [2.45, 2.75) is 26.3 Å². The van der Waals surface area contributed by atoms with Gasteiger partial charge in [0, 0.05) is 29.2 Å². The van der Waals surface area contributed by atoms with Crippen LogP contribution < -0.4 is 10.7 Å². The molecule has 0 aliphatic heterocycles. The average Bonchev–Trinajstić information content (AvgIpc) is 2.42. The fourth-order valence-electron chi connectivity index (χ4n) is 2.03. The molecule has 4 nitrogen and oxygen atoms in total. The largest absolute Gasteiger partial charge is 0.355 e. The van der Waals surface area contributed by atoms with Crippen LogP contribution in [0.3, 0.4) is 0 Å². The van der Waals surface area contributed by atoms with Crippen LogP contribution in [0.5, 0.6) is 0 Å². The van der Waals surface area contributed by atoms with E-state index in [4.69, 9.17) is 11.6 Å². The summed E-state index contributed by atoms with van der Waals surface area (Å²) in [7, 11) is 0. The molecule has 0 saturated heterocycles. The summed E-state index contributed by atoms with van der Waals surface area (Å²) in [6.07, 6.45) is 3.62. The molecule has 1 heterocycles. The van der Waals surface area contributed by atoms with Crippen LogP contribution in [0.1, 0.15) is 19.8 Å². The molecular weight excluding hydrogens is 276 g/mol. The van der Waals surface area contributed by atoms with Gasteiger partial charge in [0.2, 0.25) is 5.91 Å². The van der Waals surface area contributed by atoms with Crippen LogP contribution in [-0.2, 0) is 11.3 Å². The molecule has 5 heteroatoms. The van der Waals surface area contributed by atoms with E-state index in [0.29, 0.717) is 22.5 Å². The van der Waals surface area contributed by atoms with Crippen molar-refractivity contribution in [3.63, 3.8) is 0 Å². The number of rotatable bonds is 5. The normalized spacial score (nSPS) is 10.7. The lowest BCUT2D eigenvalue weighted by atomic mass is 10.2. The maximum Gasteiger partial charge on any atom is 0.239 e. The molecule has 20 heavy (non-hydrogen) atoms. The van der Waals surface area contributed by atoms with E-state index < -0.39 is 0 Å². The number of nitrogens with zero attached hydrogens (tertiary/aromatic N) is 1. The number of hydrogen-bond donors (Lipinski definition) is 1. The van der Waals surface area contributed by atoms with Crippen molar-refractivity contribution >= 4 is 28.4 Å². The van der Waals surface area contributed by atoms with E-state index in [-0.39, 0.29) is 17.9 Å². The standard InChI is InChI=1S/C15H17ClN2O2/c1-2-3-7-17-15(20)10-18-8-6-14(19)12-5-4-11(16)9-13(12)18/h4-6,8-9H,2-3,7,10H2,1H3,(H,17,20). The summed E-state index contributed by atoms with van der Waals surface area (Å²) in [5.41, 5.74) is 0.606. The highest BCUT2D eigenvalue weighted by molar-refractivity contribution is 6.31. The van der Waals surface area contributed by atoms with E-state index in [2.05, 4.69) is 12.2 Å². The van der Waals surface area contributed by atoms with Crippen molar-refractivity contribution in [1.82, 2.24) is 9.88 Å². The molecule has 1 amide bonds. The number of aromatic nitrogens is 1. The van der Waals surface area contributed by atoms with E-state index in [1.165, 1.54) is 6.07 Å².